The molecule has 4 atom stereocenters. The maximum absolute atomic E-state index is 12.6. The van der Waals surface area contributed by atoms with Gasteiger partial charge in [-0.05, 0) is 97.5 Å². The van der Waals surface area contributed by atoms with E-state index in [2.05, 4.69) is 21.3 Å². The van der Waals surface area contributed by atoms with Crippen LogP contribution in [-0.4, -0.2) is 74.4 Å². The summed E-state index contributed by atoms with van der Waals surface area (Å²) in [7, 11) is 3.22. The van der Waals surface area contributed by atoms with Gasteiger partial charge in [0.25, 0.3) is 0 Å². The summed E-state index contributed by atoms with van der Waals surface area (Å²) in [6.45, 7) is 4.44. The first-order valence-electron chi connectivity index (χ1n) is 17.9. The van der Waals surface area contributed by atoms with Crippen LogP contribution in [0.5, 0.6) is 23.0 Å². The molecule has 4 aromatic carbocycles. The van der Waals surface area contributed by atoms with Crippen LogP contribution in [0.4, 0.5) is 11.4 Å². The highest BCUT2D eigenvalue weighted by Crippen LogP contribution is 2.30. The SMILES string of the molecule is COc1ccc(C[C@H](C)NC[C@@H](O)c2ccc(OC(=O)/C=C/C(=O)Oc3ccc([C@H](O)CN[C@@H](C)Cc4ccc(OC)cc4)cc3NC=O)c(NC=O)c2)cc1. The smallest absolute Gasteiger partial charge is 0.336 e. The highest BCUT2D eigenvalue weighted by molar-refractivity contribution is 5.94. The van der Waals surface area contributed by atoms with Gasteiger partial charge < -0.3 is 50.4 Å². The van der Waals surface area contributed by atoms with Crippen molar-refractivity contribution in [1.29, 1.82) is 0 Å². The summed E-state index contributed by atoms with van der Waals surface area (Å²) in [5.74, 6) is -0.393. The van der Waals surface area contributed by atoms with Gasteiger partial charge in [0.2, 0.25) is 12.8 Å². The molecule has 0 saturated heterocycles. The topological polar surface area (TPSA) is 194 Å². The van der Waals surface area contributed by atoms with E-state index in [9.17, 15) is 29.4 Å². The van der Waals surface area contributed by atoms with Crippen molar-refractivity contribution in [3.8, 4) is 23.0 Å². The van der Waals surface area contributed by atoms with Crippen LogP contribution < -0.4 is 40.2 Å². The number of aliphatic hydroxyl groups excluding tert-OH is 2. The van der Waals surface area contributed by atoms with Gasteiger partial charge >= 0.3 is 11.9 Å². The van der Waals surface area contributed by atoms with Crippen LogP contribution in [0.1, 0.15) is 48.3 Å². The molecule has 0 aliphatic rings. The molecule has 0 aromatic heterocycles. The number of anilines is 2. The molecule has 14 nitrogen and oxygen atoms in total. The second-order valence-electron chi connectivity index (χ2n) is 13.0. The van der Waals surface area contributed by atoms with Gasteiger partial charge in [0.15, 0.2) is 11.5 Å². The van der Waals surface area contributed by atoms with Crippen LogP contribution >= 0.6 is 0 Å². The Balaban J connectivity index is 1.29. The van der Waals surface area contributed by atoms with Crippen molar-refractivity contribution in [1.82, 2.24) is 10.6 Å². The standard InChI is InChI=1S/C42H48N4O10/c1-27(19-29-5-11-33(53-3)12-6-29)43-23-37(49)31-9-15-39(35(21-31)45-25-47)55-41(51)17-18-42(52)56-40-16-10-32(22-36(40)46-26-48)38(50)24-44-28(2)20-30-7-13-34(54-4)14-8-30/h5-18,21-22,25-28,37-38,43-44,49-50H,19-20,23-24H2,1-4H3,(H,45,47)(H,46,48)/b18-17+/t27-,28-,37+,38+/m0/s1. The van der Waals surface area contributed by atoms with E-state index in [1.807, 2.05) is 62.4 Å². The zero-order valence-electron chi connectivity index (χ0n) is 31.7. The highest BCUT2D eigenvalue weighted by Gasteiger charge is 2.17. The molecular weight excluding hydrogens is 720 g/mol. The summed E-state index contributed by atoms with van der Waals surface area (Å²) in [6.07, 6.45) is 2.06. The van der Waals surface area contributed by atoms with Gasteiger partial charge in [-0.2, -0.15) is 0 Å². The van der Waals surface area contributed by atoms with E-state index in [0.717, 1.165) is 47.6 Å². The molecular formula is C42H48N4O10. The molecule has 0 aliphatic heterocycles. The molecule has 0 bridgehead atoms. The Morgan fingerprint density at radius 2 is 0.982 bits per heavy atom. The predicted molar refractivity (Wildman–Crippen MR) is 211 cm³/mol. The summed E-state index contributed by atoms with van der Waals surface area (Å²) < 4.78 is 21.1. The number of ether oxygens (including phenoxy) is 4. The summed E-state index contributed by atoms with van der Waals surface area (Å²) in [6, 6.07) is 24.5. The Morgan fingerprint density at radius 3 is 1.32 bits per heavy atom. The largest absolute Gasteiger partial charge is 0.497 e. The molecule has 4 aromatic rings. The first-order chi connectivity index (χ1) is 27.0. The van der Waals surface area contributed by atoms with Crippen molar-refractivity contribution in [3.63, 3.8) is 0 Å². The molecule has 0 unspecified atom stereocenters. The zero-order valence-corrected chi connectivity index (χ0v) is 31.7. The molecule has 296 valence electrons. The van der Waals surface area contributed by atoms with Gasteiger partial charge in [-0.3, -0.25) is 9.59 Å². The first kappa shape index (κ1) is 42.7. The van der Waals surface area contributed by atoms with Crippen molar-refractivity contribution >= 4 is 36.1 Å². The number of rotatable bonds is 22. The number of carbonyl (C=O) groups is 4. The third-order valence-electron chi connectivity index (χ3n) is 8.70. The molecule has 0 spiro atoms. The fourth-order valence-corrected chi connectivity index (χ4v) is 5.70. The lowest BCUT2D eigenvalue weighted by atomic mass is 10.1. The number of carbonyl (C=O) groups excluding carboxylic acids is 4. The molecule has 6 N–H and O–H groups in total. The number of methoxy groups -OCH3 is 2. The van der Waals surface area contributed by atoms with Crippen LogP contribution in [0.25, 0.3) is 0 Å². The van der Waals surface area contributed by atoms with Crippen LogP contribution in [0.3, 0.4) is 0 Å². The number of esters is 2. The highest BCUT2D eigenvalue weighted by atomic mass is 16.5. The Morgan fingerprint density at radius 1 is 0.607 bits per heavy atom. The van der Waals surface area contributed by atoms with Crippen LogP contribution in [0.15, 0.2) is 97.1 Å². The van der Waals surface area contributed by atoms with Crippen molar-refractivity contribution < 1.29 is 48.3 Å². The third-order valence-corrected chi connectivity index (χ3v) is 8.70. The van der Waals surface area contributed by atoms with Gasteiger partial charge in [0, 0.05) is 37.3 Å². The lowest BCUT2D eigenvalue weighted by molar-refractivity contribution is -0.131. The quantitative estimate of drug-likeness (QED) is 0.0286. The van der Waals surface area contributed by atoms with E-state index < -0.39 is 24.1 Å². The van der Waals surface area contributed by atoms with Crippen LogP contribution in [0.2, 0.25) is 0 Å². The van der Waals surface area contributed by atoms with Crippen molar-refractivity contribution in [2.24, 2.45) is 0 Å². The Labute approximate surface area is 325 Å². The molecule has 14 heteroatoms. The van der Waals surface area contributed by atoms with Crippen LogP contribution in [-0.2, 0) is 32.0 Å². The average molecular weight is 769 g/mol. The summed E-state index contributed by atoms with van der Waals surface area (Å²) >= 11 is 0. The lowest BCUT2D eigenvalue weighted by Gasteiger charge is -2.19. The van der Waals surface area contributed by atoms with Crippen LogP contribution in [0, 0.1) is 0 Å². The average Bonchev–Trinajstić information content (AvgIpc) is 3.20. The lowest BCUT2D eigenvalue weighted by Crippen LogP contribution is -2.32. The normalized spacial score (nSPS) is 13.2. The summed E-state index contributed by atoms with van der Waals surface area (Å²) in [5, 5.41) is 33.2. The van der Waals surface area contributed by atoms with Crippen molar-refractivity contribution in [2.45, 2.75) is 51.0 Å². The second-order valence-corrected chi connectivity index (χ2v) is 13.0. The van der Waals surface area contributed by atoms with Crippen molar-refractivity contribution in [3.05, 3.63) is 119 Å². The molecule has 2 amide bonds. The fraction of sp³-hybridized carbons (Fsp3) is 0.286. The molecule has 56 heavy (non-hydrogen) atoms. The van der Waals surface area contributed by atoms with Gasteiger partial charge in [0.05, 0.1) is 37.8 Å². The molecule has 0 saturated carbocycles. The number of amides is 2. The monoisotopic (exact) mass is 768 g/mol. The van der Waals surface area contributed by atoms with Gasteiger partial charge in [-0.15, -0.1) is 0 Å². The maximum atomic E-state index is 12.6. The van der Waals surface area contributed by atoms with Gasteiger partial charge in [-0.25, -0.2) is 9.59 Å². The molecule has 0 heterocycles. The molecule has 0 fully saturated rings. The third kappa shape index (κ3) is 13.4. The zero-order chi connectivity index (χ0) is 40.5. The van der Waals surface area contributed by atoms with Crippen molar-refractivity contribution in [2.75, 3.05) is 37.9 Å². The Kier molecular flexibility index (Phi) is 16.6. The minimum Gasteiger partial charge on any atom is -0.497 e. The summed E-state index contributed by atoms with van der Waals surface area (Å²) in [4.78, 5) is 47.9. The number of hydrogen-bond acceptors (Lipinski definition) is 12. The minimum absolute atomic E-state index is 0.0202. The second kappa shape index (κ2) is 21.7. The minimum atomic E-state index is -0.948. The van der Waals surface area contributed by atoms with Gasteiger partial charge in [-0.1, -0.05) is 36.4 Å². The predicted octanol–water partition coefficient (Wildman–Crippen LogP) is 4.42. The van der Waals surface area contributed by atoms with E-state index in [-0.39, 0.29) is 48.0 Å². The number of nitrogens with one attached hydrogen (secondary N) is 4. The fourth-order valence-electron chi connectivity index (χ4n) is 5.70. The van der Waals surface area contributed by atoms with E-state index in [4.69, 9.17) is 18.9 Å². The van der Waals surface area contributed by atoms with E-state index in [0.29, 0.717) is 23.9 Å². The maximum Gasteiger partial charge on any atom is 0.336 e. The first-order valence-corrected chi connectivity index (χ1v) is 17.9. The summed E-state index contributed by atoms with van der Waals surface area (Å²) in [5.41, 5.74) is 3.39. The Hall–Kier alpha value is -6.06. The molecule has 4 rings (SSSR count). The number of hydrogen-bond donors (Lipinski definition) is 6. The molecule has 0 aliphatic carbocycles. The Bertz CT molecular complexity index is 1800. The van der Waals surface area contributed by atoms with E-state index in [1.54, 1.807) is 26.4 Å². The number of aliphatic hydroxyl groups is 2. The number of benzene rings is 4. The van der Waals surface area contributed by atoms with E-state index in [1.165, 1.54) is 24.3 Å². The van der Waals surface area contributed by atoms with Gasteiger partial charge in [0.1, 0.15) is 11.5 Å². The molecule has 0 radical (unpaired) electrons. The van der Waals surface area contributed by atoms with E-state index >= 15 is 0 Å².